The van der Waals surface area contributed by atoms with Crippen molar-refractivity contribution in [3.63, 3.8) is 0 Å². The van der Waals surface area contributed by atoms with E-state index in [1.165, 1.54) is 0 Å². The minimum Gasteiger partial charge on any atom is -0.481 e. The second-order valence-electron chi connectivity index (χ2n) is 3.93. The number of rotatable bonds is 4. The summed E-state index contributed by atoms with van der Waals surface area (Å²) in [5.41, 5.74) is -1.06. The monoisotopic (exact) mass is 228 g/mol. The molecule has 2 amide bonds. The van der Waals surface area contributed by atoms with Crippen LogP contribution in [0.25, 0.3) is 0 Å². The molecule has 6 heteroatoms. The normalized spacial score (nSPS) is 28.4. The number of amides is 2. The van der Waals surface area contributed by atoms with Crippen LogP contribution in [0.1, 0.15) is 6.92 Å². The van der Waals surface area contributed by atoms with E-state index in [9.17, 15) is 9.59 Å². The summed E-state index contributed by atoms with van der Waals surface area (Å²) in [6, 6.07) is -0.933. The summed E-state index contributed by atoms with van der Waals surface area (Å²) in [4.78, 5) is 22.4. The van der Waals surface area contributed by atoms with Gasteiger partial charge in [-0.05, 0) is 6.92 Å². The lowest BCUT2D eigenvalue weighted by Crippen LogP contribution is -2.52. The van der Waals surface area contributed by atoms with Crippen LogP contribution in [0, 0.1) is 5.41 Å². The first-order valence-corrected chi connectivity index (χ1v) is 4.97. The van der Waals surface area contributed by atoms with Gasteiger partial charge >= 0.3 is 12.0 Å². The number of carbonyl (C=O) groups is 2. The first-order chi connectivity index (χ1) is 7.50. The van der Waals surface area contributed by atoms with Gasteiger partial charge in [0.15, 0.2) is 0 Å². The van der Waals surface area contributed by atoms with Crippen molar-refractivity contribution in [2.75, 3.05) is 19.8 Å². The minimum absolute atomic E-state index is 0.106. The zero-order valence-corrected chi connectivity index (χ0v) is 9.16. The molecule has 1 fully saturated rings. The van der Waals surface area contributed by atoms with E-state index in [0.717, 1.165) is 0 Å². The molecule has 0 saturated carbocycles. The van der Waals surface area contributed by atoms with Crippen LogP contribution in [0.3, 0.4) is 0 Å². The summed E-state index contributed by atoms with van der Waals surface area (Å²) in [6.45, 7) is 5.67. The average molecular weight is 228 g/mol. The number of urea groups is 1. The fraction of sp³-hybridized carbons (Fsp3) is 0.600. The highest BCUT2D eigenvalue weighted by molar-refractivity contribution is 5.79. The van der Waals surface area contributed by atoms with Crippen LogP contribution in [0.2, 0.25) is 0 Å². The van der Waals surface area contributed by atoms with Gasteiger partial charge in [0.2, 0.25) is 0 Å². The number of hydrogen-bond acceptors (Lipinski definition) is 3. The van der Waals surface area contributed by atoms with Gasteiger partial charge in [0.05, 0.1) is 19.3 Å². The molecule has 1 aliphatic heterocycles. The minimum atomic E-state index is -1.06. The largest absolute Gasteiger partial charge is 0.481 e. The Morgan fingerprint density at radius 3 is 2.94 bits per heavy atom. The van der Waals surface area contributed by atoms with E-state index in [1.54, 1.807) is 13.0 Å². The van der Waals surface area contributed by atoms with E-state index in [1.807, 2.05) is 0 Å². The Morgan fingerprint density at radius 2 is 2.38 bits per heavy atom. The highest BCUT2D eigenvalue weighted by Crippen LogP contribution is 2.28. The van der Waals surface area contributed by atoms with Gasteiger partial charge in [0.25, 0.3) is 0 Å². The first-order valence-electron chi connectivity index (χ1n) is 4.97. The van der Waals surface area contributed by atoms with E-state index in [2.05, 4.69) is 17.2 Å². The molecule has 3 N–H and O–H groups in total. The van der Waals surface area contributed by atoms with Crippen LogP contribution in [0.5, 0.6) is 0 Å². The van der Waals surface area contributed by atoms with E-state index >= 15 is 0 Å². The van der Waals surface area contributed by atoms with Crippen molar-refractivity contribution in [2.45, 2.75) is 13.0 Å². The molecule has 0 aromatic rings. The van der Waals surface area contributed by atoms with Crippen molar-refractivity contribution >= 4 is 12.0 Å². The highest BCUT2D eigenvalue weighted by atomic mass is 16.5. The quantitative estimate of drug-likeness (QED) is 0.589. The molecular weight excluding hydrogens is 212 g/mol. The molecule has 1 rings (SSSR count). The van der Waals surface area contributed by atoms with Gasteiger partial charge in [-0.1, -0.05) is 6.08 Å². The Bertz CT molecular complexity index is 305. The number of hydrogen-bond donors (Lipinski definition) is 3. The van der Waals surface area contributed by atoms with Crippen molar-refractivity contribution < 1.29 is 19.4 Å². The highest BCUT2D eigenvalue weighted by Gasteiger charge is 2.47. The third kappa shape index (κ3) is 2.52. The van der Waals surface area contributed by atoms with E-state index in [-0.39, 0.29) is 13.2 Å². The van der Waals surface area contributed by atoms with Crippen LogP contribution in [0.4, 0.5) is 4.79 Å². The summed E-state index contributed by atoms with van der Waals surface area (Å²) in [5.74, 6) is -0.973. The number of aliphatic carboxylic acids is 1. The number of carboxylic acid groups (broad SMARTS) is 1. The Kier molecular flexibility index (Phi) is 3.89. The Hall–Kier alpha value is -1.56. The lowest BCUT2D eigenvalue weighted by atomic mass is 9.85. The lowest BCUT2D eigenvalue weighted by molar-refractivity contribution is -0.148. The standard InChI is InChI=1S/C10H16N2O4/c1-3-4-11-9(15)12-7-5-16-6-10(7,2)8(13)14/h3,7H,1,4-6H2,2H3,(H,13,14)(H2,11,12,15). The third-order valence-corrected chi connectivity index (χ3v) is 2.66. The fourth-order valence-electron chi connectivity index (χ4n) is 1.46. The molecule has 0 aromatic heterocycles. The predicted molar refractivity (Wildman–Crippen MR) is 57.1 cm³/mol. The van der Waals surface area contributed by atoms with Crippen LogP contribution in [0.15, 0.2) is 12.7 Å². The summed E-state index contributed by atoms with van der Waals surface area (Å²) in [5, 5.41) is 14.2. The van der Waals surface area contributed by atoms with Crippen LogP contribution in [-0.2, 0) is 9.53 Å². The molecule has 0 spiro atoms. The molecule has 2 unspecified atom stereocenters. The summed E-state index contributed by atoms with van der Waals surface area (Å²) < 4.78 is 5.10. The van der Waals surface area contributed by atoms with Crippen molar-refractivity contribution in [1.82, 2.24) is 10.6 Å². The molecule has 0 aliphatic carbocycles. The molecule has 1 aliphatic rings. The van der Waals surface area contributed by atoms with Crippen molar-refractivity contribution in [3.8, 4) is 0 Å². The Morgan fingerprint density at radius 1 is 1.69 bits per heavy atom. The molecule has 1 saturated heterocycles. The predicted octanol–water partition coefficient (Wildman–Crippen LogP) is -0.0387. The Balaban J connectivity index is 2.56. The lowest BCUT2D eigenvalue weighted by Gasteiger charge is -2.25. The van der Waals surface area contributed by atoms with Gasteiger partial charge in [-0.25, -0.2) is 4.79 Å². The maximum atomic E-state index is 11.3. The number of ether oxygens (including phenoxy) is 1. The molecule has 1 heterocycles. The van der Waals surface area contributed by atoms with Gasteiger partial charge in [0, 0.05) is 6.54 Å². The SMILES string of the molecule is C=CCNC(=O)NC1COCC1(C)C(=O)O. The maximum Gasteiger partial charge on any atom is 0.315 e. The van der Waals surface area contributed by atoms with Crippen LogP contribution >= 0.6 is 0 Å². The molecule has 0 aromatic carbocycles. The van der Waals surface area contributed by atoms with Gasteiger partial charge in [0.1, 0.15) is 5.41 Å². The smallest absolute Gasteiger partial charge is 0.315 e. The summed E-state index contributed by atoms with van der Waals surface area (Å²) in [7, 11) is 0. The zero-order chi connectivity index (χ0) is 12.2. The molecular formula is C10H16N2O4. The third-order valence-electron chi connectivity index (χ3n) is 2.66. The number of carbonyl (C=O) groups excluding carboxylic acids is 1. The summed E-state index contributed by atoms with van der Waals surface area (Å²) >= 11 is 0. The molecule has 16 heavy (non-hydrogen) atoms. The average Bonchev–Trinajstić information content (AvgIpc) is 2.59. The van der Waals surface area contributed by atoms with Gasteiger partial charge < -0.3 is 20.5 Å². The van der Waals surface area contributed by atoms with E-state index in [4.69, 9.17) is 9.84 Å². The summed E-state index contributed by atoms with van der Waals surface area (Å²) in [6.07, 6.45) is 1.54. The first kappa shape index (κ1) is 12.5. The van der Waals surface area contributed by atoms with Crippen LogP contribution in [-0.4, -0.2) is 42.9 Å². The van der Waals surface area contributed by atoms with Crippen molar-refractivity contribution in [3.05, 3.63) is 12.7 Å². The Labute approximate surface area is 93.7 Å². The topological polar surface area (TPSA) is 87.7 Å². The molecule has 2 atom stereocenters. The maximum absolute atomic E-state index is 11.3. The van der Waals surface area contributed by atoms with Gasteiger partial charge in [-0.15, -0.1) is 6.58 Å². The second kappa shape index (κ2) is 4.98. The molecule has 0 radical (unpaired) electrons. The van der Waals surface area contributed by atoms with Crippen molar-refractivity contribution in [2.24, 2.45) is 5.41 Å². The van der Waals surface area contributed by atoms with Gasteiger partial charge in [-0.3, -0.25) is 4.79 Å². The van der Waals surface area contributed by atoms with E-state index in [0.29, 0.717) is 6.54 Å². The van der Waals surface area contributed by atoms with Crippen LogP contribution < -0.4 is 10.6 Å². The zero-order valence-electron chi connectivity index (χ0n) is 9.16. The number of nitrogens with one attached hydrogen (secondary N) is 2. The van der Waals surface area contributed by atoms with E-state index < -0.39 is 23.5 Å². The van der Waals surface area contributed by atoms with Gasteiger partial charge in [-0.2, -0.15) is 0 Å². The number of carboxylic acids is 1. The second-order valence-corrected chi connectivity index (χ2v) is 3.93. The van der Waals surface area contributed by atoms with Crippen molar-refractivity contribution in [1.29, 1.82) is 0 Å². The molecule has 0 bridgehead atoms. The molecule has 6 nitrogen and oxygen atoms in total. The molecule has 90 valence electrons. The fourth-order valence-corrected chi connectivity index (χ4v) is 1.46.